The quantitative estimate of drug-likeness (QED) is 0.493. The van der Waals surface area contributed by atoms with E-state index in [1.807, 2.05) is 12.2 Å². The topological polar surface area (TPSA) is 0 Å². The van der Waals surface area contributed by atoms with Gasteiger partial charge < -0.3 is 0 Å². The van der Waals surface area contributed by atoms with E-state index in [-0.39, 0.29) is 0 Å². The average molecular weight is 271 g/mol. The summed E-state index contributed by atoms with van der Waals surface area (Å²) in [6, 6.07) is 0. The number of alkyl halides is 2. The molecule has 4 saturated carbocycles. The molecule has 0 N–H and O–H groups in total. The number of hydrogen-bond donors (Lipinski definition) is 0. The van der Waals surface area contributed by atoms with Crippen LogP contribution in [0.3, 0.4) is 0 Å². The molecule has 0 nitrogen and oxygen atoms in total. The molecule has 4 rings (SSSR count). The largest absolute Gasteiger partial charge is 0.126 e. The lowest BCUT2D eigenvalue weighted by Gasteiger charge is -2.57. The number of halogens is 2. The molecule has 2 heteroatoms. The van der Waals surface area contributed by atoms with Crippen molar-refractivity contribution in [2.75, 3.05) is 0 Å². The van der Waals surface area contributed by atoms with E-state index in [1.165, 1.54) is 44.1 Å². The van der Waals surface area contributed by atoms with Crippen LogP contribution in [-0.4, -0.2) is 4.84 Å². The first-order chi connectivity index (χ1) is 8.11. The van der Waals surface area contributed by atoms with Crippen LogP contribution in [0.15, 0.2) is 24.3 Å². The third-order valence-corrected chi connectivity index (χ3v) is 5.43. The molecule has 0 aromatic heterocycles. The SMILES string of the molecule is C=CC(=CC(Cl)Cl)C12CC3CC(CC(C3)C1)C2. The minimum Gasteiger partial charge on any atom is -0.101 e. The Kier molecular flexibility index (Phi) is 3.07. The zero-order chi connectivity index (χ0) is 12.0. The molecule has 4 fully saturated rings. The van der Waals surface area contributed by atoms with Crippen molar-refractivity contribution in [1.82, 2.24) is 0 Å². The van der Waals surface area contributed by atoms with Crippen molar-refractivity contribution in [1.29, 1.82) is 0 Å². The molecular formula is C15H20Cl2. The van der Waals surface area contributed by atoms with Crippen LogP contribution in [-0.2, 0) is 0 Å². The van der Waals surface area contributed by atoms with Crippen LogP contribution < -0.4 is 0 Å². The molecule has 0 heterocycles. The summed E-state index contributed by atoms with van der Waals surface area (Å²) in [5.74, 6) is 2.86. The Morgan fingerprint density at radius 3 is 1.88 bits per heavy atom. The van der Waals surface area contributed by atoms with Gasteiger partial charge in [-0.15, -0.1) is 23.2 Å². The fourth-order valence-corrected chi connectivity index (χ4v) is 5.33. The molecular weight excluding hydrogens is 251 g/mol. The van der Waals surface area contributed by atoms with Gasteiger partial charge in [-0.1, -0.05) is 12.7 Å². The maximum atomic E-state index is 5.93. The molecule has 0 unspecified atom stereocenters. The van der Waals surface area contributed by atoms with E-state index in [0.717, 1.165) is 17.8 Å². The molecule has 0 saturated heterocycles. The summed E-state index contributed by atoms with van der Waals surface area (Å²) in [5, 5.41) is 0. The zero-order valence-corrected chi connectivity index (χ0v) is 11.7. The molecule has 0 radical (unpaired) electrons. The molecule has 4 bridgehead atoms. The van der Waals surface area contributed by atoms with E-state index in [4.69, 9.17) is 23.2 Å². The molecule has 0 atom stereocenters. The Morgan fingerprint density at radius 1 is 1.06 bits per heavy atom. The van der Waals surface area contributed by atoms with Gasteiger partial charge in [0.2, 0.25) is 0 Å². The molecule has 0 aliphatic heterocycles. The second kappa shape index (κ2) is 4.31. The summed E-state index contributed by atoms with van der Waals surface area (Å²) < 4.78 is 0. The number of hydrogen-bond acceptors (Lipinski definition) is 0. The fourth-order valence-electron chi connectivity index (χ4n) is 5.06. The van der Waals surface area contributed by atoms with Gasteiger partial charge in [0.1, 0.15) is 4.84 Å². The van der Waals surface area contributed by atoms with Crippen molar-refractivity contribution >= 4 is 23.2 Å². The minimum absolute atomic E-state index is 0.374. The Morgan fingerprint density at radius 2 is 1.53 bits per heavy atom. The average Bonchev–Trinajstić information content (AvgIpc) is 2.23. The predicted molar refractivity (Wildman–Crippen MR) is 74.4 cm³/mol. The Labute approximate surface area is 114 Å². The van der Waals surface area contributed by atoms with E-state index < -0.39 is 4.84 Å². The van der Waals surface area contributed by atoms with E-state index >= 15 is 0 Å². The van der Waals surface area contributed by atoms with Crippen molar-refractivity contribution < 1.29 is 0 Å². The Bertz CT molecular complexity index is 319. The molecule has 0 aromatic rings. The molecule has 4 aliphatic rings. The van der Waals surface area contributed by atoms with Crippen LogP contribution in [0.1, 0.15) is 38.5 Å². The molecule has 4 aliphatic carbocycles. The van der Waals surface area contributed by atoms with Gasteiger partial charge in [0.15, 0.2) is 0 Å². The van der Waals surface area contributed by atoms with Gasteiger partial charge in [-0.2, -0.15) is 0 Å². The summed E-state index contributed by atoms with van der Waals surface area (Å²) in [6.45, 7) is 3.99. The van der Waals surface area contributed by atoms with Crippen molar-refractivity contribution in [3.63, 3.8) is 0 Å². The van der Waals surface area contributed by atoms with Crippen LogP contribution in [0.2, 0.25) is 0 Å². The van der Waals surface area contributed by atoms with Crippen LogP contribution in [0.5, 0.6) is 0 Å². The van der Waals surface area contributed by atoms with Gasteiger partial charge >= 0.3 is 0 Å². The van der Waals surface area contributed by atoms with Crippen LogP contribution in [0, 0.1) is 23.2 Å². The van der Waals surface area contributed by atoms with Gasteiger partial charge in [0.05, 0.1) is 0 Å². The molecule has 0 amide bonds. The lowest BCUT2D eigenvalue weighted by atomic mass is 9.48. The Balaban J connectivity index is 1.93. The van der Waals surface area contributed by atoms with E-state index in [9.17, 15) is 0 Å². The van der Waals surface area contributed by atoms with Gasteiger partial charge in [-0.3, -0.25) is 0 Å². The lowest BCUT2D eigenvalue weighted by Crippen LogP contribution is -2.46. The number of allylic oxidation sites excluding steroid dienone is 3. The standard InChI is InChI=1S/C15H20Cl2/c1-2-13(6-14(16)17)15-7-10-3-11(8-15)5-12(4-10)9-15/h2,6,10-12,14H,1,3-5,7-9H2. The van der Waals surface area contributed by atoms with E-state index in [1.54, 1.807) is 0 Å². The molecule has 0 aromatic carbocycles. The first-order valence-corrected chi connectivity index (χ1v) is 7.61. The van der Waals surface area contributed by atoms with Crippen LogP contribution in [0.4, 0.5) is 0 Å². The predicted octanol–water partition coefficient (Wildman–Crippen LogP) is 5.12. The van der Waals surface area contributed by atoms with Crippen LogP contribution in [0.25, 0.3) is 0 Å². The molecule has 0 spiro atoms. The maximum Gasteiger partial charge on any atom is 0.126 e. The zero-order valence-electron chi connectivity index (χ0n) is 10.2. The van der Waals surface area contributed by atoms with Crippen molar-refractivity contribution in [3.05, 3.63) is 24.3 Å². The highest BCUT2D eigenvalue weighted by atomic mass is 35.5. The van der Waals surface area contributed by atoms with E-state index in [2.05, 4.69) is 6.58 Å². The molecule has 94 valence electrons. The van der Waals surface area contributed by atoms with Crippen molar-refractivity contribution in [2.24, 2.45) is 23.2 Å². The summed E-state index contributed by atoms with van der Waals surface area (Å²) in [6.07, 6.45) is 12.5. The first kappa shape index (κ1) is 12.1. The highest BCUT2D eigenvalue weighted by Gasteiger charge is 2.51. The minimum atomic E-state index is -0.393. The summed E-state index contributed by atoms with van der Waals surface area (Å²) in [4.78, 5) is -0.393. The summed E-state index contributed by atoms with van der Waals surface area (Å²) in [5.41, 5.74) is 1.70. The highest BCUT2D eigenvalue weighted by Crippen LogP contribution is 2.62. The summed E-state index contributed by atoms with van der Waals surface area (Å²) in [7, 11) is 0. The third-order valence-electron chi connectivity index (χ3n) is 5.18. The third kappa shape index (κ3) is 2.08. The normalized spacial score (nSPS) is 44.4. The summed E-state index contributed by atoms with van der Waals surface area (Å²) >= 11 is 11.9. The van der Waals surface area contributed by atoms with Gasteiger partial charge in [-0.25, -0.2) is 0 Å². The highest BCUT2D eigenvalue weighted by molar-refractivity contribution is 6.45. The van der Waals surface area contributed by atoms with Crippen LogP contribution >= 0.6 is 23.2 Å². The van der Waals surface area contributed by atoms with Gasteiger partial charge in [-0.05, 0) is 73.3 Å². The fraction of sp³-hybridized carbons (Fsp3) is 0.733. The van der Waals surface area contributed by atoms with Gasteiger partial charge in [0, 0.05) is 0 Å². The lowest BCUT2D eigenvalue weighted by molar-refractivity contribution is -0.0286. The Hall–Kier alpha value is 0.0600. The van der Waals surface area contributed by atoms with Crippen molar-refractivity contribution in [2.45, 2.75) is 43.4 Å². The second-order valence-electron chi connectivity index (χ2n) is 6.36. The smallest absolute Gasteiger partial charge is 0.101 e. The second-order valence-corrected chi connectivity index (χ2v) is 7.52. The number of rotatable bonds is 3. The first-order valence-electron chi connectivity index (χ1n) is 6.74. The van der Waals surface area contributed by atoms with Crippen molar-refractivity contribution in [3.8, 4) is 0 Å². The van der Waals surface area contributed by atoms with E-state index in [0.29, 0.717) is 5.41 Å². The van der Waals surface area contributed by atoms with Gasteiger partial charge in [0.25, 0.3) is 0 Å². The monoisotopic (exact) mass is 270 g/mol. The maximum absolute atomic E-state index is 5.93. The molecule has 17 heavy (non-hydrogen) atoms.